The van der Waals surface area contributed by atoms with Crippen LogP contribution in [0.25, 0.3) is 11.4 Å². The summed E-state index contributed by atoms with van der Waals surface area (Å²) in [5, 5.41) is 12.9. The molecule has 0 spiro atoms. The van der Waals surface area contributed by atoms with Crippen molar-refractivity contribution in [3.63, 3.8) is 0 Å². The Morgan fingerprint density at radius 3 is 2.47 bits per heavy atom. The second-order valence-corrected chi connectivity index (χ2v) is 8.30. The van der Waals surface area contributed by atoms with Gasteiger partial charge in [0.1, 0.15) is 12.4 Å². The zero-order chi connectivity index (χ0) is 23.1. The summed E-state index contributed by atoms with van der Waals surface area (Å²) in [6, 6.07) is 17.0. The van der Waals surface area contributed by atoms with Gasteiger partial charge >= 0.3 is 0 Å². The molecule has 0 fully saturated rings. The third kappa shape index (κ3) is 6.05. The summed E-state index contributed by atoms with van der Waals surface area (Å²) in [6.07, 6.45) is 1.83. The lowest BCUT2D eigenvalue weighted by molar-refractivity contribution is -0.122. The molecule has 2 aromatic carbocycles. The van der Waals surface area contributed by atoms with Crippen LogP contribution in [0.1, 0.15) is 30.2 Å². The number of aliphatic hydroxyl groups excluding tert-OH is 1. The Labute approximate surface area is 192 Å². The Morgan fingerprint density at radius 1 is 1.12 bits per heavy atom. The minimum atomic E-state index is -0.316. The van der Waals surface area contributed by atoms with Crippen LogP contribution in [0.15, 0.2) is 59.4 Å². The van der Waals surface area contributed by atoms with Crippen molar-refractivity contribution in [3.8, 4) is 11.4 Å². The van der Waals surface area contributed by atoms with Crippen LogP contribution in [0.3, 0.4) is 0 Å². The maximum Gasteiger partial charge on any atom is 0.257 e. The lowest BCUT2D eigenvalue weighted by Crippen LogP contribution is -2.39. The number of hydrogen-bond acceptors (Lipinski definition) is 4. The molecule has 0 aliphatic carbocycles. The van der Waals surface area contributed by atoms with Crippen molar-refractivity contribution >= 4 is 17.5 Å². The maximum atomic E-state index is 13.2. The molecular formula is C25H28ClN3O3. The fraction of sp³-hybridized carbons (Fsp3) is 0.320. The standard InChI is InChI=1S/C25H28ClN3O3/c1-17(8-9-19-6-4-3-5-7-19)27-23(31)16-29-24(20-10-12-21(26)13-11-20)28-18(2)22(14-15-30)25(29)32/h3-7,10-13,17,30H,8-9,14-16H2,1-2H3,(H,27,31)/t17-/m0/s1. The quantitative estimate of drug-likeness (QED) is 0.519. The van der Waals surface area contributed by atoms with E-state index in [-0.39, 0.29) is 37.1 Å². The number of amides is 1. The molecule has 168 valence electrons. The van der Waals surface area contributed by atoms with Gasteiger partial charge in [-0.1, -0.05) is 41.9 Å². The van der Waals surface area contributed by atoms with Gasteiger partial charge in [-0.25, -0.2) is 4.98 Å². The molecule has 0 radical (unpaired) electrons. The molecule has 1 amide bonds. The summed E-state index contributed by atoms with van der Waals surface area (Å²) in [5.41, 5.74) is 2.54. The second kappa shape index (κ2) is 11.1. The summed E-state index contributed by atoms with van der Waals surface area (Å²) in [4.78, 5) is 30.6. The Morgan fingerprint density at radius 2 is 1.81 bits per heavy atom. The first-order valence-electron chi connectivity index (χ1n) is 10.7. The van der Waals surface area contributed by atoms with E-state index in [1.165, 1.54) is 10.1 Å². The van der Waals surface area contributed by atoms with Crippen LogP contribution in [0.2, 0.25) is 5.02 Å². The summed E-state index contributed by atoms with van der Waals surface area (Å²) < 4.78 is 1.38. The van der Waals surface area contributed by atoms with E-state index < -0.39 is 0 Å². The van der Waals surface area contributed by atoms with Crippen LogP contribution in [0, 0.1) is 6.92 Å². The van der Waals surface area contributed by atoms with Crippen molar-refractivity contribution in [2.75, 3.05) is 6.61 Å². The van der Waals surface area contributed by atoms with E-state index in [1.807, 2.05) is 25.1 Å². The van der Waals surface area contributed by atoms with E-state index in [9.17, 15) is 14.7 Å². The Balaban J connectivity index is 1.81. The number of aryl methyl sites for hydroxylation is 2. The SMILES string of the molecule is Cc1nc(-c2ccc(Cl)cc2)n(CC(=O)N[C@@H](C)CCc2ccccc2)c(=O)c1CCO. The number of halogens is 1. The highest BCUT2D eigenvalue weighted by Gasteiger charge is 2.18. The lowest BCUT2D eigenvalue weighted by atomic mass is 10.1. The fourth-order valence-corrected chi connectivity index (χ4v) is 3.76. The molecule has 0 saturated heterocycles. The van der Waals surface area contributed by atoms with E-state index in [0.717, 1.165) is 12.8 Å². The van der Waals surface area contributed by atoms with E-state index in [2.05, 4.69) is 22.4 Å². The monoisotopic (exact) mass is 453 g/mol. The number of hydrogen-bond donors (Lipinski definition) is 2. The molecule has 0 saturated carbocycles. The number of benzene rings is 2. The van der Waals surface area contributed by atoms with E-state index in [1.54, 1.807) is 31.2 Å². The first-order chi connectivity index (χ1) is 15.4. The molecule has 0 aliphatic heterocycles. The van der Waals surface area contributed by atoms with Crippen molar-refractivity contribution in [1.82, 2.24) is 14.9 Å². The molecule has 1 heterocycles. The van der Waals surface area contributed by atoms with Gasteiger partial charge in [0.15, 0.2) is 0 Å². The molecule has 0 bridgehead atoms. The van der Waals surface area contributed by atoms with E-state index in [4.69, 9.17) is 11.6 Å². The molecular weight excluding hydrogens is 426 g/mol. The van der Waals surface area contributed by atoms with Gasteiger partial charge in [0.2, 0.25) is 5.91 Å². The fourth-order valence-electron chi connectivity index (χ4n) is 3.63. The van der Waals surface area contributed by atoms with Crippen LogP contribution < -0.4 is 10.9 Å². The van der Waals surface area contributed by atoms with Gasteiger partial charge in [0.05, 0.1) is 0 Å². The molecule has 2 N–H and O–H groups in total. The Hall–Kier alpha value is -2.96. The van der Waals surface area contributed by atoms with Crippen molar-refractivity contribution in [2.45, 2.75) is 45.7 Å². The number of aromatic nitrogens is 2. The maximum absolute atomic E-state index is 13.2. The van der Waals surface area contributed by atoms with Gasteiger partial charge in [0.25, 0.3) is 5.56 Å². The number of carbonyl (C=O) groups excluding carboxylic acids is 1. The van der Waals surface area contributed by atoms with Crippen molar-refractivity contribution in [1.29, 1.82) is 0 Å². The number of nitrogens with one attached hydrogen (secondary N) is 1. The summed E-state index contributed by atoms with van der Waals surface area (Å²) in [6.45, 7) is 3.37. The smallest absolute Gasteiger partial charge is 0.257 e. The van der Waals surface area contributed by atoms with Gasteiger partial charge in [-0.3, -0.25) is 14.2 Å². The van der Waals surface area contributed by atoms with Crippen LogP contribution in [-0.4, -0.2) is 33.2 Å². The molecule has 6 nitrogen and oxygen atoms in total. The molecule has 3 rings (SSSR count). The van der Waals surface area contributed by atoms with Crippen LogP contribution in [0.4, 0.5) is 0 Å². The molecule has 32 heavy (non-hydrogen) atoms. The zero-order valence-electron chi connectivity index (χ0n) is 18.3. The lowest BCUT2D eigenvalue weighted by Gasteiger charge is -2.18. The van der Waals surface area contributed by atoms with Gasteiger partial charge in [-0.2, -0.15) is 0 Å². The van der Waals surface area contributed by atoms with Crippen molar-refractivity contribution in [2.24, 2.45) is 0 Å². The highest BCUT2D eigenvalue weighted by atomic mass is 35.5. The Kier molecular flexibility index (Phi) is 8.20. The van der Waals surface area contributed by atoms with Crippen molar-refractivity contribution in [3.05, 3.63) is 86.8 Å². The minimum Gasteiger partial charge on any atom is -0.396 e. The van der Waals surface area contributed by atoms with E-state index >= 15 is 0 Å². The largest absolute Gasteiger partial charge is 0.396 e. The molecule has 3 aromatic rings. The number of aliphatic hydroxyl groups is 1. The van der Waals surface area contributed by atoms with Gasteiger partial charge in [-0.05, 0) is 56.5 Å². The highest BCUT2D eigenvalue weighted by Crippen LogP contribution is 2.20. The molecule has 0 aliphatic rings. The van der Waals surface area contributed by atoms with Gasteiger partial charge in [-0.15, -0.1) is 0 Å². The van der Waals surface area contributed by atoms with E-state index in [0.29, 0.717) is 27.7 Å². The number of nitrogens with zero attached hydrogens (tertiary/aromatic N) is 2. The average Bonchev–Trinajstić information content (AvgIpc) is 2.78. The molecule has 7 heteroatoms. The minimum absolute atomic E-state index is 0.0484. The molecule has 1 atom stereocenters. The number of rotatable bonds is 9. The summed E-state index contributed by atoms with van der Waals surface area (Å²) in [7, 11) is 0. The van der Waals surface area contributed by atoms with Crippen LogP contribution in [-0.2, 0) is 24.2 Å². The van der Waals surface area contributed by atoms with Crippen LogP contribution >= 0.6 is 11.6 Å². The van der Waals surface area contributed by atoms with Crippen molar-refractivity contribution < 1.29 is 9.90 Å². The highest BCUT2D eigenvalue weighted by molar-refractivity contribution is 6.30. The predicted octanol–water partition coefficient (Wildman–Crippen LogP) is 3.54. The normalized spacial score (nSPS) is 11.9. The topological polar surface area (TPSA) is 84.2 Å². The zero-order valence-corrected chi connectivity index (χ0v) is 19.1. The Bertz CT molecular complexity index is 1110. The first-order valence-corrected chi connectivity index (χ1v) is 11.1. The average molecular weight is 454 g/mol. The second-order valence-electron chi connectivity index (χ2n) is 7.86. The molecule has 1 aromatic heterocycles. The van der Waals surface area contributed by atoms with Gasteiger partial charge < -0.3 is 10.4 Å². The van der Waals surface area contributed by atoms with Crippen LogP contribution in [0.5, 0.6) is 0 Å². The third-order valence-electron chi connectivity index (χ3n) is 5.35. The van der Waals surface area contributed by atoms with Gasteiger partial charge in [0, 0.05) is 40.9 Å². The third-order valence-corrected chi connectivity index (χ3v) is 5.60. The first kappa shape index (κ1) is 23.7. The summed E-state index contributed by atoms with van der Waals surface area (Å²) >= 11 is 6.00. The molecule has 0 unspecified atom stereocenters. The predicted molar refractivity (Wildman–Crippen MR) is 127 cm³/mol. The number of carbonyl (C=O) groups is 1. The summed E-state index contributed by atoms with van der Waals surface area (Å²) in [5.74, 6) is 0.140.